The molecule has 420 valence electrons. The molecular weight excluding hydrogens is 1100 g/mol. The number of nitrogens with zero attached hydrogens (tertiary/aromatic N) is 1. The molecule has 0 aromatic heterocycles. The molecule has 3 nitrogen and oxygen atoms in total. The number of hydrogen-bond donors (Lipinski definition) is 0. The van der Waals surface area contributed by atoms with Crippen molar-refractivity contribution >= 4 is 29.2 Å². The summed E-state index contributed by atoms with van der Waals surface area (Å²) in [4.78, 5) is 2.03. The number of anilines is 3. The van der Waals surface area contributed by atoms with Crippen LogP contribution >= 0.6 is 0 Å². The van der Waals surface area contributed by atoms with Gasteiger partial charge in [-0.3, -0.25) is 0 Å². The average molecular weight is 1150 g/mol. The van der Waals surface area contributed by atoms with Crippen LogP contribution in [0.3, 0.4) is 0 Å². The predicted molar refractivity (Wildman–Crippen MR) is 334 cm³/mol. The second-order valence-electron chi connectivity index (χ2n) is 21.5. The van der Waals surface area contributed by atoms with Gasteiger partial charge in [-0.05, 0) is 175 Å². The van der Waals surface area contributed by atoms with Gasteiger partial charge in [-0.2, -0.15) is 0 Å². The molecule has 12 aromatic carbocycles. The van der Waals surface area contributed by atoms with Crippen molar-refractivity contribution in [3.8, 4) is 56.4 Å². The molecule has 9 heteroatoms. The number of hydrogen-bond acceptors (Lipinski definition) is 3. The third-order valence-corrected chi connectivity index (χ3v) is 17.0. The Morgan fingerprint density at radius 2 is 0.655 bits per heavy atom. The first-order valence-electron chi connectivity index (χ1n) is 28.2. The average Bonchev–Trinajstić information content (AvgIpc) is 1.58. The fraction of sp³-hybridized carbons (Fsp3) is 0.0256. The van der Waals surface area contributed by atoms with Crippen LogP contribution in [0, 0.1) is 34.9 Å². The van der Waals surface area contributed by atoms with Crippen molar-refractivity contribution in [3.05, 3.63) is 365 Å². The number of halogens is 6. The third kappa shape index (κ3) is 8.84. The van der Waals surface area contributed by atoms with Crippen LogP contribution in [0.4, 0.5) is 43.4 Å². The molecule has 0 N–H and O–H groups in total. The fourth-order valence-electron chi connectivity index (χ4n) is 13.0. The Balaban J connectivity index is 0.996. The molecule has 2 aliphatic rings. The summed E-state index contributed by atoms with van der Waals surface area (Å²) < 4.78 is 110. The van der Waals surface area contributed by atoms with Crippen LogP contribution in [0.5, 0.6) is 23.0 Å². The Morgan fingerprint density at radius 1 is 0.299 bits per heavy atom. The predicted octanol–water partition coefficient (Wildman–Crippen LogP) is 21.3. The molecule has 0 saturated heterocycles. The van der Waals surface area contributed by atoms with E-state index < -0.39 is 45.7 Å². The van der Waals surface area contributed by atoms with Gasteiger partial charge in [0.05, 0.1) is 10.8 Å². The smallest absolute Gasteiger partial charge is 0.194 e. The number of rotatable bonds is 14. The first-order valence-corrected chi connectivity index (χ1v) is 28.2. The lowest BCUT2D eigenvalue weighted by molar-refractivity contribution is 0.435. The Labute approximate surface area is 499 Å². The normalized spacial score (nSPS) is 15.2. The van der Waals surface area contributed by atoms with E-state index in [4.69, 9.17) is 9.47 Å². The minimum Gasteiger partial charge on any atom is -0.457 e. The summed E-state index contributed by atoms with van der Waals surface area (Å²) in [5, 5.41) is 0. The zero-order chi connectivity index (χ0) is 59.6. The third-order valence-electron chi connectivity index (χ3n) is 17.0. The van der Waals surface area contributed by atoms with Gasteiger partial charge in [0.1, 0.15) is 23.0 Å². The van der Waals surface area contributed by atoms with Crippen LogP contribution in [0.2, 0.25) is 0 Å². The van der Waals surface area contributed by atoms with Gasteiger partial charge >= 0.3 is 0 Å². The van der Waals surface area contributed by atoms with E-state index in [1.54, 1.807) is 36.4 Å². The van der Waals surface area contributed by atoms with E-state index in [0.29, 0.717) is 73.4 Å². The summed E-state index contributed by atoms with van der Waals surface area (Å²) >= 11 is 0. The molecule has 2 aliphatic carbocycles. The molecule has 87 heavy (non-hydrogen) atoms. The highest BCUT2D eigenvalue weighted by Gasteiger charge is 2.51. The maximum Gasteiger partial charge on any atom is 0.194 e. The number of ether oxygens (including phenoxy) is 2. The number of benzene rings is 12. The SMILES string of the molecule is C=Cc1ccc(Oc2ccc(C3(c4ccc(F)c(F)c4F)c4ccccc4-c4ccc(N(c5ccc(-c6ccccc6)cc5)c5ccc6c(c5)C(c5ccc(Oc7ccc(C=C)cc7)cc5)(c5ccc(F)c(F)c5F)c5ccccc5-6)cc43)cc2)cc1. The lowest BCUT2D eigenvalue weighted by Gasteiger charge is -2.36. The molecule has 0 spiro atoms. The summed E-state index contributed by atoms with van der Waals surface area (Å²) in [5.74, 6) is -6.48. The molecule has 2 unspecified atom stereocenters. The number of fused-ring (bicyclic) bond motifs is 6. The quantitative estimate of drug-likeness (QED) is 0.0800. The lowest BCUT2D eigenvalue weighted by atomic mass is 9.67. The van der Waals surface area contributed by atoms with Crippen molar-refractivity contribution in [1.82, 2.24) is 0 Å². The Bertz CT molecular complexity index is 4410. The van der Waals surface area contributed by atoms with Crippen molar-refractivity contribution in [2.24, 2.45) is 0 Å². The monoisotopic (exact) mass is 1150 g/mol. The van der Waals surface area contributed by atoms with E-state index in [2.05, 4.69) is 13.2 Å². The van der Waals surface area contributed by atoms with Crippen molar-refractivity contribution in [2.45, 2.75) is 10.8 Å². The largest absolute Gasteiger partial charge is 0.457 e. The zero-order valence-electron chi connectivity index (χ0n) is 46.4. The highest BCUT2D eigenvalue weighted by molar-refractivity contribution is 5.93. The molecule has 0 heterocycles. The Morgan fingerprint density at radius 3 is 1.07 bits per heavy atom. The maximum absolute atomic E-state index is 17.3. The van der Waals surface area contributed by atoms with Crippen molar-refractivity contribution < 1.29 is 35.8 Å². The lowest BCUT2D eigenvalue weighted by Crippen LogP contribution is -2.31. The summed E-state index contributed by atoms with van der Waals surface area (Å²) in [6, 6.07) is 78.6. The van der Waals surface area contributed by atoms with Crippen LogP contribution < -0.4 is 14.4 Å². The fourth-order valence-corrected chi connectivity index (χ4v) is 13.0. The van der Waals surface area contributed by atoms with Crippen molar-refractivity contribution in [3.63, 3.8) is 0 Å². The van der Waals surface area contributed by atoms with Gasteiger partial charge in [0, 0.05) is 28.2 Å². The van der Waals surface area contributed by atoms with E-state index in [-0.39, 0.29) is 11.1 Å². The van der Waals surface area contributed by atoms with Crippen LogP contribution in [-0.4, -0.2) is 0 Å². The molecule has 0 amide bonds. The van der Waals surface area contributed by atoms with Gasteiger partial charge in [0.2, 0.25) is 0 Å². The minimum atomic E-state index is -1.61. The molecule has 2 atom stereocenters. The highest BCUT2D eigenvalue weighted by Crippen LogP contribution is 2.61. The molecule has 0 bridgehead atoms. The first-order chi connectivity index (χ1) is 42.5. The topological polar surface area (TPSA) is 21.7 Å². The Kier molecular flexibility index (Phi) is 13.4. The Hall–Kier alpha value is -10.9. The van der Waals surface area contributed by atoms with E-state index in [0.717, 1.165) is 56.6 Å². The van der Waals surface area contributed by atoms with E-state index in [9.17, 15) is 0 Å². The minimum absolute atomic E-state index is 0.118. The molecule has 0 aliphatic heterocycles. The van der Waals surface area contributed by atoms with E-state index >= 15 is 26.3 Å². The van der Waals surface area contributed by atoms with Crippen LogP contribution in [0.25, 0.3) is 45.5 Å². The summed E-state index contributed by atoms with van der Waals surface area (Å²) in [7, 11) is 0. The second-order valence-corrected chi connectivity index (χ2v) is 21.5. The summed E-state index contributed by atoms with van der Waals surface area (Å²) in [5.41, 5.74) is 8.58. The summed E-state index contributed by atoms with van der Waals surface area (Å²) in [6.45, 7) is 7.70. The van der Waals surface area contributed by atoms with E-state index in [1.165, 1.54) is 12.1 Å². The highest BCUT2D eigenvalue weighted by atomic mass is 19.2. The van der Waals surface area contributed by atoms with Gasteiger partial charge in [-0.25, -0.2) is 26.3 Å². The van der Waals surface area contributed by atoms with Gasteiger partial charge in [-0.15, -0.1) is 0 Å². The molecular formula is C78H49F6NO2. The second kappa shape index (κ2) is 21.6. The summed E-state index contributed by atoms with van der Waals surface area (Å²) in [6.07, 6.45) is 3.47. The van der Waals surface area contributed by atoms with Gasteiger partial charge in [-0.1, -0.05) is 189 Å². The first kappa shape index (κ1) is 54.1. The molecule has 0 saturated carbocycles. The standard InChI is InChI=1S/C78H49F6NO2/c1-3-48-18-32-57(33-19-48)86-59-36-24-52(25-37-59)77(67-42-44-71(79)75(83)73(67)81)65-16-10-8-14-61(65)63-40-30-55(46-69(63)77)85(54-28-22-51(23-29-54)50-12-6-5-7-13-50)56-31-41-64-62-15-9-11-17-66(62)78(70(64)47-56,68-43-45-72(80)76(84)74(68)82)53-26-38-60(39-27-53)87-58-34-20-49(4-2)21-35-58/h3-47H,1-2H2. The molecule has 14 rings (SSSR count). The van der Waals surface area contributed by atoms with Crippen LogP contribution in [-0.2, 0) is 10.8 Å². The van der Waals surface area contributed by atoms with Gasteiger partial charge < -0.3 is 14.4 Å². The zero-order valence-corrected chi connectivity index (χ0v) is 46.4. The molecule has 12 aromatic rings. The molecule has 0 fully saturated rings. The maximum atomic E-state index is 17.3. The van der Waals surface area contributed by atoms with Gasteiger partial charge in [0.15, 0.2) is 34.9 Å². The van der Waals surface area contributed by atoms with E-state index in [1.807, 2.05) is 217 Å². The van der Waals surface area contributed by atoms with Crippen molar-refractivity contribution in [2.75, 3.05) is 4.90 Å². The van der Waals surface area contributed by atoms with Gasteiger partial charge in [0.25, 0.3) is 0 Å². The van der Waals surface area contributed by atoms with Crippen LogP contribution in [0.15, 0.2) is 274 Å². The molecule has 0 radical (unpaired) electrons. The van der Waals surface area contributed by atoms with Crippen molar-refractivity contribution in [1.29, 1.82) is 0 Å². The van der Waals surface area contributed by atoms with Crippen LogP contribution in [0.1, 0.15) is 55.6 Å².